The number of aromatic nitrogens is 3. The van der Waals surface area contributed by atoms with Crippen LogP contribution in [-0.2, 0) is 11.2 Å². The highest BCUT2D eigenvalue weighted by molar-refractivity contribution is 7.15. The predicted octanol–water partition coefficient (Wildman–Crippen LogP) is 1.23. The number of thiazole rings is 1. The van der Waals surface area contributed by atoms with Gasteiger partial charge in [0.1, 0.15) is 17.0 Å². The van der Waals surface area contributed by atoms with Gasteiger partial charge in [0.15, 0.2) is 0 Å². The highest BCUT2D eigenvalue weighted by Crippen LogP contribution is 2.22. The predicted molar refractivity (Wildman–Crippen MR) is 54.5 cm³/mol. The molecule has 0 aromatic carbocycles. The summed E-state index contributed by atoms with van der Waals surface area (Å²) in [6.07, 6.45) is 4.63. The Balaban J connectivity index is 2.24. The van der Waals surface area contributed by atoms with E-state index in [1.807, 2.05) is 0 Å². The lowest BCUT2D eigenvalue weighted by molar-refractivity contribution is -0.136. The third kappa shape index (κ3) is 2.35. The van der Waals surface area contributed by atoms with Crippen LogP contribution in [-0.4, -0.2) is 26.0 Å². The lowest BCUT2D eigenvalue weighted by Crippen LogP contribution is -1.97. The van der Waals surface area contributed by atoms with Crippen molar-refractivity contribution in [3.05, 3.63) is 29.7 Å². The molecule has 0 saturated heterocycles. The largest absolute Gasteiger partial charge is 0.481 e. The fourth-order valence-electron chi connectivity index (χ4n) is 1.07. The van der Waals surface area contributed by atoms with E-state index < -0.39 is 5.97 Å². The molecule has 0 aliphatic heterocycles. The zero-order valence-electron chi connectivity index (χ0n) is 7.62. The van der Waals surface area contributed by atoms with Crippen molar-refractivity contribution in [3.63, 3.8) is 0 Å². The molecule has 0 atom stereocenters. The van der Waals surface area contributed by atoms with Gasteiger partial charge in [-0.3, -0.25) is 4.79 Å². The first-order valence-electron chi connectivity index (χ1n) is 4.18. The smallest absolute Gasteiger partial charge is 0.308 e. The van der Waals surface area contributed by atoms with Crippen molar-refractivity contribution in [2.45, 2.75) is 6.42 Å². The van der Waals surface area contributed by atoms with Gasteiger partial charge in [0.2, 0.25) is 0 Å². The lowest BCUT2D eigenvalue weighted by atomic mass is 10.4. The molecule has 0 aliphatic carbocycles. The summed E-state index contributed by atoms with van der Waals surface area (Å²) in [6, 6.07) is 1.74. The molecule has 1 N–H and O–H groups in total. The minimum Gasteiger partial charge on any atom is -0.481 e. The van der Waals surface area contributed by atoms with E-state index in [4.69, 9.17) is 5.11 Å². The molecule has 0 saturated carbocycles. The van der Waals surface area contributed by atoms with Crippen LogP contribution in [0, 0.1) is 0 Å². The molecule has 15 heavy (non-hydrogen) atoms. The fraction of sp³-hybridized carbons (Fsp3) is 0.111. The SMILES string of the molecule is O=C(O)Cc1cnc(-c2ccncn2)s1. The maximum atomic E-state index is 10.5. The van der Waals surface area contributed by atoms with Gasteiger partial charge >= 0.3 is 5.97 Å². The van der Waals surface area contributed by atoms with E-state index in [0.717, 1.165) is 4.88 Å². The Labute approximate surface area is 89.5 Å². The van der Waals surface area contributed by atoms with Crippen molar-refractivity contribution in [2.75, 3.05) is 0 Å². The molecule has 2 aromatic heterocycles. The Kier molecular flexibility index (Phi) is 2.68. The summed E-state index contributed by atoms with van der Waals surface area (Å²) in [7, 11) is 0. The van der Waals surface area contributed by atoms with Gasteiger partial charge in [-0.05, 0) is 6.07 Å². The van der Waals surface area contributed by atoms with Crippen LogP contribution in [0.1, 0.15) is 4.88 Å². The number of nitrogens with zero attached hydrogens (tertiary/aromatic N) is 3. The standard InChI is InChI=1S/C9H7N3O2S/c13-8(14)3-6-4-11-9(15-6)7-1-2-10-5-12-7/h1-2,4-5H,3H2,(H,13,14). The van der Waals surface area contributed by atoms with Gasteiger partial charge in [0.25, 0.3) is 0 Å². The number of aliphatic carboxylic acids is 1. The van der Waals surface area contributed by atoms with E-state index in [0.29, 0.717) is 10.7 Å². The number of rotatable bonds is 3. The second-order valence-corrected chi connectivity index (χ2v) is 3.91. The average molecular weight is 221 g/mol. The van der Waals surface area contributed by atoms with E-state index in [2.05, 4.69) is 15.0 Å². The van der Waals surface area contributed by atoms with Gasteiger partial charge < -0.3 is 5.11 Å². The Morgan fingerprint density at radius 2 is 2.33 bits per heavy atom. The van der Waals surface area contributed by atoms with Gasteiger partial charge in [0.05, 0.1) is 6.42 Å². The van der Waals surface area contributed by atoms with E-state index >= 15 is 0 Å². The molecule has 6 heteroatoms. The topological polar surface area (TPSA) is 76.0 Å². The highest BCUT2D eigenvalue weighted by atomic mass is 32.1. The van der Waals surface area contributed by atoms with E-state index in [1.165, 1.54) is 17.7 Å². The first kappa shape index (κ1) is 9.72. The van der Waals surface area contributed by atoms with Gasteiger partial charge in [0, 0.05) is 17.3 Å². The van der Waals surface area contributed by atoms with Crippen LogP contribution in [0.2, 0.25) is 0 Å². The number of carboxylic acids is 1. The molecule has 5 nitrogen and oxygen atoms in total. The van der Waals surface area contributed by atoms with Crippen molar-refractivity contribution in [2.24, 2.45) is 0 Å². The quantitative estimate of drug-likeness (QED) is 0.843. The molecule has 0 radical (unpaired) electrons. The molecular weight excluding hydrogens is 214 g/mol. The number of carbonyl (C=O) groups is 1. The van der Waals surface area contributed by atoms with Crippen molar-refractivity contribution in [3.8, 4) is 10.7 Å². The fourth-order valence-corrected chi connectivity index (χ4v) is 1.95. The molecule has 2 aromatic rings. The Morgan fingerprint density at radius 3 is 3.00 bits per heavy atom. The zero-order valence-corrected chi connectivity index (χ0v) is 8.44. The zero-order chi connectivity index (χ0) is 10.7. The van der Waals surface area contributed by atoms with Crippen LogP contribution in [0.3, 0.4) is 0 Å². The molecule has 0 unspecified atom stereocenters. The molecule has 2 rings (SSSR count). The van der Waals surface area contributed by atoms with Crippen molar-refractivity contribution < 1.29 is 9.90 Å². The van der Waals surface area contributed by atoms with E-state index in [-0.39, 0.29) is 6.42 Å². The molecule has 0 amide bonds. The minimum absolute atomic E-state index is 0.00273. The van der Waals surface area contributed by atoms with Gasteiger partial charge in [-0.15, -0.1) is 11.3 Å². The summed E-state index contributed by atoms with van der Waals surface area (Å²) in [6.45, 7) is 0. The summed E-state index contributed by atoms with van der Waals surface area (Å²) in [5.74, 6) is -0.854. The van der Waals surface area contributed by atoms with Crippen LogP contribution >= 0.6 is 11.3 Å². The summed E-state index contributed by atoms with van der Waals surface area (Å²) in [5, 5.41) is 9.32. The summed E-state index contributed by atoms with van der Waals surface area (Å²) < 4.78 is 0. The molecule has 0 spiro atoms. The Morgan fingerprint density at radius 1 is 1.47 bits per heavy atom. The maximum absolute atomic E-state index is 10.5. The second-order valence-electron chi connectivity index (χ2n) is 2.80. The number of carboxylic acid groups (broad SMARTS) is 1. The molecule has 2 heterocycles. The number of hydrogen-bond donors (Lipinski definition) is 1. The second kappa shape index (κ2) is 4.14. The molecule has 0 aliphatic rings. The minimum atomic E-state index is -0.854. The Hall–Kier alpha value is -1.82. The van der Waals surface area contributed by atoms with Crippen LogP contribution in [0.5, 0.6) is 0 Å². The molecule has 0 fully saturated rings. The summed E-state index contributed by atoms with van der Waals surface area (Å²) >= 11 is 1.33. The van der Waals surface area contributed by atoms with Gasteiger partial charge in [-0.1, -0.05) is 0 Å². The van der Waals surface area contributed by atoms with Crippen LogP contribution in [0.25, 0.3) is 10.7 Å². The van der Waals surface area contributed by atoms with E-state index in [9.17, 15) is 4.79 Å². The van der Waals surface area contributed by atoms with Crippen molar-refractivity contribution >= 4 is 17.3 Å². The first-order chi connectivity index (χ1) is 7.25. The van der Waals surface area contributed by atoms with Crippen molar-refractivity contribution in [1.82, 2.24) is 15.0 Å². The highest BCUT2D eigenvalue weighted by Gasteiger charge is 2.07. The molecule has 0 bridgehead atoms. The maximum Gasteiger partial charge on any atom is 0.308 e. The van der Waals surface area contributed by atoms with Crippen LogP contribution < -0.4 is 0 Å². The molecule has 76 valence electrons. The average Bonchev–Trinajstić information content (AvgIpc) is 2.67. The third-order valence-corrected chi connectivity index (χ3v) is 2.70. The van der Waals surface area contributed by atoms with Gasteiger partial charge in [-0.2, -0.15) is 0 Å². The molecular formula is C9H7N3O2S. The first-order valence-corrected chi connectivity index (χ1v) is 5.00. The lowest BCUT2D eigenvalue weighted by Gasteiger charge is -1.91. The van der Waals surface area contributed by atoms with Crippen LogP contribution in [0.4, 0.5) is 0 Å². The van der Waals surface area contributed by atoms with Crippen LogP contribution in [0.15, 0.2) is 24.8 Å². The number of hydrogen-bond acceptors (Lipinski definition) is 5. The normalized spacial score (nSPS) is 10.1. The summed E-state index contributed by atoms with van der Waals surface area (Å²) in [5.41, 5.74) is 0.714. The van der Waals surface area contributed by atoms with Gasteiger partial charge in [-0.25, -0.2) is 15.0 Å². The van der Waals surface area contributed by atoms with Crippen molar-refractivity contribution in [1.29, 1.82) is 0 Å². The monoisotopic (exact) mass is 221 g/mol. The van der Waals surface area contributed by atoms with E-state index in [1.54, 1.807) is 18.5 Å². The summed E-state index contributed by atoms with van der Waals surface area (Å²) in [4.78, 5) is 23.1. The third-order valence-electron chi connectivity index (χ3n) is 1.68. The Bertz CT molecular complexity index is 469.